The first-order valence-electron chi connectivity index (χ1n) is 6.88. The van der Waals surface area contributed by atoms with Crippen molar-refractivity contribution in [3.05, 3.63) is 58.6 Å². The molecule has 7 nitrogen and oxygen atoms in total. The Balaban J connectivity index is 2.16. The van der Waals surface area contributed by atoms with Gasteiger partial charge in [-0.25, -0.2) is 19.0 Å². The fourth-order valence-electron chi connectivity index (χ4n) is 1.88. The molecule has 2 rings (SSSR count). The minimum Gasteiger partial charge on any atom is -0.434 e. The van der Waals surface area contributed by atoms with E-state index < -0.39 is 27.4 Å². The summed E-state index contributed by atoms with van der Waals surface area (Å²) in [5.74, 6) is -0.876. The average Bonchev–Trinajstić information content (AvgIpc) is 2.55. The van der Waals surface area contributed by atoms with Crippen LogP contribution in [-0.4, -0.2) is 27.2 Å². The number of sulfonamides is 1. The van der Waals surface area contributed by atoms with E-state index >= 15 is 0 Å². The van der Waals surface area contributed by atoms with E-state index in [1.54, 1.807) is 6.07 Å². The number of amides is 1. The van der Waals surface area contributed by atoms with Gasteiger partial charge >= 0.3 is 6.61 Å². The quantitative estimate of drug-likeness (QED) is 0.569. The van der Waals surface area contributed by atoms with Crippen molar-refractivity contribution in [1.29, 1.82) is 0 Å². The van der Waals surface area contributed by atoms with Gasteiger partial charge in [0, 0.05) is 11.1 Å². The summed E-state index contributed by atoms with van der Waals surface area (Å²) in [7, 11) is -4.11. The molecular weight excluding hydrogens is 392 g/mol. The maximum absolute atomic E-state index is 12.3. The minimum absolute atomic E-state index is 0.0623. The topological polar surface area (TPSA) is 111 Å². The molecule has 0 unspecified atom stereocenters. The predicted molar refractivity (Wildman–Crippen MR) is 91.0 cm³/mol. The molecule has 138 valence electrons. The lowest BCUT2D eigenvalue weighted by molar-refractivity contribution is -0.0499. The van der Waals surface area contributed by atoms with E-state index in [1.807, 2.05) is 0 Å². The number of alkyl halides is 2. The van der Waals surface area contributed by atoms with Crippen molar-refractivity contribution in [3.63, 3.8) is 0 Å². The van der Waals surface area contributed by atoms with E-state index in [1.165, 1.54) is 30.3 Å². The molecular formula is C15H12ClF2N3O4S. The molecule has 0 heterocycles. The van der Waals surface area contributed by atoms with Crippen molar-refractivity contribution >= 4 is 33.7 Å². The Morgan fingerprint density at radius 3 is 2.62 bits per heavy atom. The zero-order valence-electron chi connectivity index (χ0n) is 12.9. The number of hydrogen-bond donors (Lipinski definition) is 2. The van der Waals surface area contributed by atoms with E-state index in [-0.39, 0.29) is 21.9 Å². The monoisotopic (exact) mass is 403 g/mol. The Morgan fingerprint density at radius 2 is 1.96 bits per heavy atom. The summed E-state index contributed by atoms with van der Waals surface area (Å²) < 4.78 is 51.8. The number of hydrogen-bond acceptors (Lipinski definition) is 5. The number of carbonyl (C=O) groups is 1. The standard InChI is InChI=1S/C15H12ClF2N3O4S/c16-11-6-5-9(7-13(11)26(19,23)24)14(22)21-20-8-10-3-1-2-4-12(10)25-15(17)18/h1-8,15H,(H,21,22)(H2,19,23,24)/b20-8-. The Hall–Kier alpha value is -2.56. The second-order valence-electron chi connectivity index (χ2n) is 4.81. The Bertz CT molecular complexity index is 952. The molecule has 0 bridgehead atoms. The first-order chi connectivity index (χ1) is 12.2. The Morgan fingerprint density at radius 1 is 1.27 bits per heavy atom. The minimum atomic E-state index is -4.11. The van der Waals surface area contributed by atoms with Crippen LogP contribution in [0.1, 0.15) is 15.9 Å². The van der Waals surface area contributed by atoms with Gasteiger partial charge in [-0.05, 0) is 30.3 Å². The number of hydrazone groups is 1. The summed E-state index contributed by atoms with van der Waals surface area (Å²) in [6.07, 6.45) is 1.10. The summed E-state index contributed by atoms with van der Waals surface area (Å²) in [6, 6.07) is 9.30. The highest BCUT2D eigenvalue weighted by Crippen LogP contribution is 2.21. The molecule has 0 aromatic heterocycles. The second-order valence-corrected chi connectivity index (χ2v) is 6.74. The van der Waals surface area contributed by atoms with Gasteiger partial charge in [0.1, 0.15) is 10.6 Å². The van der Waals surface area contributed by atoms with E-state index in [9.17, 15) is 22.0 Å². The molecule has 0 fully saturated rings. The first kappa shape index (κ1) is 19.8. The highest BCUT2D eigenvalue weighted by molar-refractivity contribution is 7.89. The molecule has 0 saturated heterocycles. The molecule has 2 aromatic carbocycles. The third-order valence-corrected chi connectivity index (χ3v) is 4.40. The zero-order chi connectivity index (χ0) is 19.3. The lowest BCUT2D eigenvalue weighted by Crippen LogP contribution is -2.19. The summed E-state index contributed by atoms with van der Waals surface area (Å²) in [4.78, 5) is 11.6. The fraction of sp³-hybridized carbons (Fsp3) is 0.0667. The van der Waals surface area contributed by atoms with Crippen LogP contribution < -0.4 is 15.3 Å². The number of carbonyl (C=O) groups excluding carboxylic acids is 1. The number of primary sulfonamides is 1. The van der Waals surface area contributed by atoms with Crippen LogP contribution in [0.4, 0.5) is 8.78 Å². The largest absolute Gasteiger partial charge is 0.434 e. The van der Waals surface area contributed by atoms with Crippen LogP contribution in [0.3, 0.4) is 0 Å². The van der Waals surface area contributed by atoms with Gasteiger partial charge in [0.15, 0.2) is 0 Å². The van der Waals surface area contributed by atoms with E-state index in [2.05, 4.69) is 15.3 Å². The number of benzene rings is 2. The van der Waals surface area contributed by atoms with Crippen molar-refractivity contribution in [1.82, 2.24) is 5.43 Å². The van der Waals surface area contributed by atoms with Gasteiger partial charge in [0.25, 0.3) is 5.91 Å². The molecule has 0 aliphatic carbocycles. The van der Waals surface area contributed by atoms with Gasteiger partial charge in [-0.1, -0.05) is 23.7 Å². The molecule has 3 N–H and O–H groups in total. The van der Waals surface area contributed by atoms with Crippen LogP contribution in [0.2, 0.25) is 5.02 Å². The molecule has 1 amide bonds. The van der Waals surface area contributed by atoms with Gasteiger partial charge in [-0.3, -0.25) is 4.79 Å². The Kier molecular flexibility index (Phi) is 6.24. The van der Waals surface area contributed by atoms with Crippen LogP contribution in [-0.2, 0) is 10.0 Å². The van der Waals surface area contributed by atoms with Crippen molar-refractivity contribution in [3.8, 4) is 5.75 Å². The first-order valence-corrected chi connectivity index (χ1v) is 8.80. The number of para-hydroxylation sites is 1. The number of nitrogens with one attached hydrogen (secondary N) is 1. The summed E-state index contributed by atoms with van der Waals surface area (Å²) in [5.41, 5.74) is 2.28. The van der Waals surface area contributed by atoms with Crippen molar-refractivity contribution < 1.29 is 26.7 Å². The summed E-state index contributed by atoms with van der Waals surface area (Å²) >= 11 is 5.73. The Labute approximate surface area is 152 Å². The smallest absolute Gasteiger partial charge is 0.387 e. The number of nitrogens with two attached hydrogens (primary N) is 1. The summed E-state index contributed by atoms with van der Waals surface area (Å²) in [5, 5.41) is 8.51. The molecule has 0 radical (unpaired) electrons. The van der Waals surface area contributed by atoms with Crippen LogP contribution in [0, 0.1) is 0 Å². The summed E-state index contributed by atoms with van der Waals surface area (Å²) in [6.45, 7) is -3.01. The zero-order valence-corrected chi connectivity index (χ0v) is 14.5. The van der Waals surface area contributed by atoms with Gasteiger partial charge in [0.2, 0.25) is 10.0 Å². The van der Waals surface area contributed by atoms with Gasteiger partial charge < -0.3 is 4.74 Å². The van der Waals surface area contributed by atoms with Crippen LogP contribution in [0.5, 0.6) is 5.75 Å². The highest BCUT2D eigenvalue weighted by Gasteiger charge is 2.16. The van der Waals surface area contributed by atoms with E-state index in [0.717, 1.165) is 12.3 Å². The van der Waals surface area contributed by atoms with Gasteiger partial charge in [0.05, 0.1) is 11.2 Å². The highest BCUT2D eigenvalue weighted by atomic mass is 35.5. The van der Waals surface area contributed by atoms with Crippen molar-refractivity contribution in [2.75, 3.05) is 0 Å². The van der Waals surface area contributed by atoms with Gasteiger partial charge in [-0.2, -0.15) is 13.9 Å². The SMILES string of the molecule is NS(=O)(=O)c1cc(C(=O)N/N=C\c2ccccc2OC(F)F)ccc1Cl. The molecule has 0 spiro atoms. The molecule has 0 aliphatic heterocycles. The number of nitrogens with zero attached hydrogens (tertiary/aromatic N) is 1. The van der Waals surface area contributed by atoms with Crippen molar-refractivity contribution in [2.24, 2.45) is 10.2 Å². The maximum Gasteiger partial charge on any atom is 0.387 e. The van der Waals surface area contributed by atoms with Crippen molar-refractivity contribution in [2.45, 2.75) is 11.5 Å². The van der Waals surface area contributed by atoms with Crippen LogP contribution in [0.15, 0.2) is 52.5 Å². The average molecular weight is 404 g/mol. The fourth-order valence-corrected chi connectivity index (χ4v) is 2.95. The van der Waals surface area contributed by atoms with Crippen LogP contribution in [0.25, 0.3) is 0 Å². The number of rotatable bonds is 6. The normalized spacial score (nSPS) is 11.7. The molecule has 26 heavy (non-hydrogen) atoms. The third-order valence-electron chi connectivity index (χ3n) is 3.00. The van der Waals surface area contributed by atoms with Crippen LogP contribution >= 0.6 is 11.6 Å². The molecule has 2 aromatic rings. The van der Waals surface area contributed by atoms with Gasteiger partial charge in [-0.15, -0.1) is 0 Å². The maximum atomic E-state index is 12.3. The molecule has 0 saturated carbocycles. The van der Waals surface area contributed by atoms with E-state index in [4.69, 9.17) is 16.7 Å². The second kappa shape index (κ2) is 8.21. The number of halogens is 3. The van der Waals surface area contributed by atoms with E-state index in [0.29, 0.717) is 0 Å². The molecule has 0 atom stereocenters. The molecule has 0 aliphatic rings. The number of ether oxygens (including phenoxy) is 1. The molecule has 11 heteroatoms. The lowest BCUT2D eigenvalue weighted by atomic mass is 10.2. The predicted octanol–water partition coefficient (Wildman–Crippen LogP) is 2.35. The third kappa shape index (κ3) is 5.22. The lowest BCUT2D eigenvalue weighted by Gasteiger charge is -2.07.